The first-order valence-electron chi connectivity index (χ1n) is 5.98. The standard InChI is InChI=1S/C14H20N2OSi/c1-12-7-6-10-16-13(12)8-9-14(2,11-15)17-18(3,4)5/h6-10H,1-5H3/b9-8+. The summed E-state index contributed by atoms with van der Waals surface area (Å²) in [7, 11) is -1.76. The minimum absolute atomic E-state index is 0.873. The zero-order valence-electron chi connectivity index (χ0n) is 11.7. The largest absolute Gasteiger partial charge is 0.397 e. The van der Waals surface area contributed by atoms with Gasteiger partial charge in [0.15, 0.2) is 13.9 Å². The average molecular weight is 260 g/mol. The Bertz CT molecular complexity index is 485. The van der Waals surface area contributed by atoms with Gasteiger partial charge in [-0.2, -0.15) is 5.26 Å². The van der Waals surface area contributed by atoms with E-state index in [9.17, 15) is 5.26 Å². The first-order valence-corrected chi connectivity index (χ1v) is 9.39. The van der Waals surface area contributed by atoms with Crippen molar-refractivity contribution in [1.29, 1.82) is 5.26 Å². The molecule has 96 valence electrons. The Hall–Kier alpha value is -1.44. The van der Waals surface area contributed by atoms with E-state index < -0.39 is 13.9 Å². The van der Waals surface area contributed by atoms with Crippen molar-refractivity contribution in [2.75, 3.05) is 0 Å². The summed E-state index contributed by atoms with van der Waals surface area (Å²) in [5.74, 6) is 0. The highest BCUT2D eigenvalue weighted by Gasteiger charge is 2.29. The molecule has 0 saturated heterocycles. The van der Waals surface area contributed by atoms with Gasteiger partial charge in [-0.25, -0.2) is 0 Å². The van der Waals surface area contributed by atoms with Crippen LogP contribution in [0.1, 0.15) is 18.2 Å². The van der Waals surface area contributed by atoms with Crippen LogP contribution in [0.3, 0.4) is 0 Å². The van der Waals surface area contributed by atoms with Crippen LogP contribution in [0.5, 0.6) is 0 Å². The third-order valence-corrected chi connectivity index (χ3v) is 3.39. The molecule has 0 N–H and O–H groups in total. The van der Waals surface area contributed by atoms with E-state index in [-0.39, 0.29) is 0 Å². The molecular formula is C14H20N2OSi. The fourth-order valence-corrected chi connectivity index (χ4v) is 3.03. The van der Waals surface area contributed by atoms with Crippen LogP contribution in [-0.4, -0.2) is 18.9 Å². The van der Waals surface area contributed by atoms with Crippen LogP contribution < -0.4 is 0 Å². The van der Waals surface area contributed by atoms with Gasteiger partial charge in [-0.1, -0.05) is 6.07 Å². The zero-order valence-corrected chi connectivity index (χ0v) is 12.7. The maximum Gasteiger partial charge on any atom is 0.186 e. The molecule has 3 nitrogen and oxygen atoms in total. The van der Waals surface area contributed by atoms with Gasteiger partial charge < -0.3 is 4.43 Å². The number of hydrogen-bond acceptors (Lipinski definition) is 3. The summed E-state index contributed by atoms with van der Waals surface area (Å²) < 4.78 is 5.90. The van der Waals surface area contributed by atoms with Crippen LogP contribution >= 0.6 is 0 Å². The smallest absolute Gasteiger partial charge is 0.186 e. The number of aromatic nitrogens is 1. The molecule has 0 aliphatic heterocycles. The number of rotatable bonds is 4. The minimum Gasteiger partial charge on any atom is -0.397 e. The molecule has 1 rings (SSSR count). The second-order valence-corrected chi connectivity index (χ2v) is 9.90. The van der Waals surface area contributed by atoms with Gasteiger partial charge in [0, 0.05) is 6.20 Å². The lowest BCUT2D eigenvalue weighted by Gasteiger charge is -2.27. The molecule has 0 saturated carbocycles. The van der Waals surface area contributed by atoms with Gasteiger partial charge in [-0.15, -0.1) is 0 Å². The van der Waals surface area contributed by atoms with Gasteiger partial charge in [-0.05, 0) is 57.3 Å². The van der Waals surface area contributed by atoms with Gasteiger partial charge in [0.2, 0.25) is 0 Å². The van der Waals surface area contributed by atoms with E-state index in [2.05, 4.69) is 30.7 Å². The molecule has 1 heterocycles. The molecule has 0 amide bonds. The van der Waals surface area contributed by atoms with Crippen molar-refractivity contribution in [3.63, 3.8) is 0 Å². The fraction of sp³-hybridized carbons (Fsp3) is 0.429. The van der Waals surface area contributed by atoms with Gasteiger partial charge in [0.25, 0.3) is 0 Å². The summed E-state index contributed by atoms with van der Waals surface area (Å²) in [6, 6.07) is 6.12. The van der Waals surface area contributed by atoms with Crippen LogP contribution in [0.25, 0.3) is 6.08 Å². The summed E-state index contributed by atoms with van der Waals surface area (Å²) in [5, 5.41) is 9.27. The fourth-order valence-electron chi connectivity index (χ4n) is 1.64. The molecule has 4 heteroatoms. The molecule has 0 bridgehead atoms. The van der Waals surface area contributed by atoms with Crippen molar-refractivity contribution < 1.29 is 4.43 Å². The van der Waals surface area contributed by atoms with Crippen molar-refractivity contribution in [3.05, 3.63) is 35.7 Å². The van der Waals surface area contributed by atoms with Crippen LogP contribution in [-0.2, 0) is 4.43 Å². The second-order valence-electron chi connectivity index (χ2n) is 5.47. The Labute approximate surface area is 110 Å². The monoisotopic (exact) mass is 260 g/mol. The van der Waals surface area contributed by atoms with Crippen molar-refractivity contribution in [3.8, 4) is 6.07 Å². The van der Waals surface area contributed by atoms with E-state index in [1.54, 1.807) is 19.2 Å². The zero-order chi connectivity index (χ0) is 13.8. The first-order chi connectivity index (χ1) is 8.26. The molecular weight excluding hydrogens is 240 g/mol. The van der Waals surface area contributed by atoms with E-state index in [1.807, 2.05) is 25.1 Å². The van der Waals surface area contributed by atoms with E-state index in [4.69, 9.17) is 4.43 Å². The second kappa shape index (κ2) is 5.47. The normalized spacial score (nSPS) is 15.3. The summed E-state index contributed by atoms with van der Waals surface area (Å²) in [6.45, 7) is 10.0. The third-order valence-electron chi connectivity index (χ3n) is 2.35. The minimum atomic E-state index is -1.76. The predicted molar refractivity (Wildman–Crippen MR) is 76.5 cm³/mol. The van der Waals surface area contributed by atoms with Gasteiger partial charge in [0.05, 0.1) is 5.69 Å². The van der Waals surface area contributed by atoms with Gasteiger partial charge in [0.1, 0.15) is 6.07 Å². The lowest BCUT2D eigenvalue weighted by atomic mass is 10.1. The molecule has 1 unspecified atom stereocenters. The number of aryl methyl sites for hydroxylation is 1. The molecule has 18 heavy (non-hydrogen) atoms. The Kier molecular flexibility index (Phi) is 4.44. The highest BCUT2D eigenvalue weighted by molar-refractivity contribution is 6.69. The first kappa shape index (κ1) is 14.6. The molecule has 1 atom stereocenters. The molecule has 1 aromatic rings. The number of nitriles is 1. The van der Waals surface area contributed by atoms with Gasteiger partial charge in [-0.3, -0.25) is 4.98 Å². The van der Waals surface area contributed by atoms with E-state index >= 15 is 0 Å². The topological polar surface area (TPSA) is 45.9 Å². The quantitative estimate of drug-likeness (QED) is 0.778. The lowest BCUT2D eigenvalue weighted by Crippen LogP contribution is -2.38. The average Bonchev–Trinajstić information content (AvgIpc) is 2.26. The predicted octanol–water partition coefficient (Wildman–Crippen LogP) is 3.54. The Morgan fingerprint density at radius 2 is 2.11 bits per heavy atom. The van der Waals surface area contributed by atoms with Crippen molar-refractivity contribution in [2.24, 2.45) is 0 Å². The molecule has 0 radical (unpaired) electrons. The SMILES string of the molecule is Cc1cccnc1/C=C/C(C)(C#N)O[Si](C)(C)C. The van der Waals surface area contributed by atoms with Crippen LogP contribution in [0.2, 0.25) is 19.6 Å². The Morgan fingerprint density at radius 3 is 2.61 bits per heavy atom. The molecule has 0 aliphatic rings. The summed E-state index contributed by atoms with van der Waals surface area (Å²) in [5.41, 5.74) is 1.08. The number of hydrogen-bond donors (Lipinski definition) is 0. The van der Waals surface area contributed by atoms with Crippen molar-refractivity contribution in [1.82, 2.24) is 4.98 Å². The van der Waals surface area contributed by atoms with Crippen molar-refractivity contribution in [2.45, 2.75) is 39.1 Å². The maximum absolute atomic E-state index is 9.27. The van der Waals surface area contributed by atoms with Gasteiger partial charge >= 0.3 is 0 Å². The molecule has 0 spiro atoms. The van der Waals surface area contributed by atoms with Crippen LogP contribution in [0.15, 0.2) is 24.4 Å². The molecule has 0 aliphatic carbocycles. The molecule has 0 aromatic carbocycles. The summed E-state index contributed by atoms with van der Waals surface area (Å²) in [4.78, 5) is 4.27. The van der Waals surface area contributed by atoms with Crippen LogP contribution in [0, 0.1) is 18.3 Å². The van der Waals surface area contributed by atoms with Crippen LogP contribution in [0.4, 0.5) is 0 Å². The lowest BCUT2D eigenvalue weighted by molar-refractivity contribution is 0.193. The highest BCUT2D eigenvalue weighted by atomic mass is 28.4. The van der Waals surface area contributed by atoms with E-state index in [1.165, 1.54) is 0 Å². The summed E-state index contributed by atoms with van der Waals surface area (Å²) in [6.07, 6.45) is 5.40. The Balaban J connectivity index is 2.94. The Morgan fingerprint density at radius 1 is 1.44 bits per heavy atom. The van der Waals surface area contributed by atoms with E-state index in [0.717, 1.165) is 11.3 Å². The summed E-state index contributed by atoms with van der Waals surface area (Å²) >= 11 is 0. The van der Waals surface area contributed by atoms with Crippen molar-refractivity contribution >= 4 is 14.4 Å². The number of pyridine rings is 1. The number of nitrogens with zero attached hydrogens (tertiary/aromatic N) is 2. The molecule has 0 fully saturated rings. The third kappa shape index (κ3) is 4.44. The highest BCUT2D eigenvalue weighted by Crippen LogP contribution is 2.20. The molecule has 1 aromatic heterocycles. The maximum atomic E-state index is 9.27. The van der Waals surface area contributed by atoms with E-state index in [0.29, 0.717) is 0 Å².